The molecule has 24 heavy (non-hydrogen) atoms. The number of hydrogen-bond donors (Lipinski definition) is 2. The summed E-state index contributed by atoms with van der Waals surface area (Å²) in [5, 5.41) is 11.9. The monoisotopic (exact) mass is 330 g/mol. The Hall–Kier alpha value is -2.37. The van der Waals surface area contributed by atoms with Crippen LogP contribution >= 0.6 is 0 Å². The number of anilines is 1. The van der Waals surface area contributed by atoms with Gasteiger partial charge in [-0.15, -0.1) is 0 Å². The summed E-state index contributed by atoms with van der Waals surface area (Å²) in [5.41, 5.74) is 0.841. The molecule has 1 aliphatic carbocycles. The van der Waals surface area contributed by atoms with Gasteiger partial charge in [-0.05, 0) is 44.2 Å². The molecule has 1 heterocycles. The molecule has 3 rings (SSSR count). The fraction of sp³-hybridized carbons (Fsp3) is 0.500. The Kier molecular flexibility index (Phi) is 4.83. The molecule has 128 valence electrons. The summed E-state index contributed by atoms with van der Waals surface area (Å²) in [5.74, 6) is -1.86. The number of carboxylic acids is 1. The number of amides is 2. The maximum absolute atomic E-state index is 12.7. The Morgan fingerprint density at radius 1 is 1.08 bits per heavy atom. The van der Waals surface area contributed by atoms with Crippen molar-refractivity contribution in [3.8, 4) is 0 Å². The largest absolute Gasteiger partial charge is 0.481 e. The van der Waals surface area contributed by atoms with Crippen LogP contribution < -0.4 is 10.2 Å². The number of benzene rings is 1. The highest BCUT2D eigenvalue weighted by Gasteiger charge is 2.37. The topological polar surface area (TPSA) is 86.7 Å². The van der Waals surface area contributed by atoms with Gasteiger partial charge < -0.3 is 15.3 Å². The first-order valence-electron chi connectivity index (χ1n) is 8.46. The minimum atomic E-state index is -0.839. The van der Waals surface area contributed by atoms with Crippen LogP contribution in [0.1, 0.15) is 32.1 Å². The van der Waals surface area contributed by atoms with E-state index in [1.807, 2.05) is 30.3 Å². The zero-order valence-corrected chi connectivity index (χ0v) is 13.5. The van der Waals surface area contributed by atoms with Gasteiger partial charge in [-0.1, -0.05) is 18.2 Å². The van der Waals surface area contributed by atoms with Crippen LogP contribution in [0.3, 0.4) is 0 Å². The number of piperidine rings is 1. The number of carbonyl (C=O) groups excluding carboxylic acids is 2. The third-order valence-electron chi connectivity index (χ3n) is 4.98. The van der Waals surface area contributed by atoms with Crippen molar-refractivity contribution in [3.63, 3.8) is 0 Å². The molecule has 6 heteroatoms. The van der Waals surface area contributed by atoms with Crippen molar-refractivity contribution in [3.05, 3.63) is 30.3 Å². The molecule has 0 bridgehead atoms. The average molecular weight is 330 g/mol. The predicted molar refractivity (Wildman–Crippen MR) is 88.4 cm³/mol. The highest BCUT2D eigenvalue weighted by molar-refractivity contribution is 6.00. The van der Waals surface area contributed by atoms with Gasteiger partial charge in [0.05, 0.1) is 5.92 Å². The molecule has 1 aromatic rings. The van der Waals surface area contributed by atoms with Gasteiger partial charge in [-0.3, -0.25) is 14.4 Å². The average Bonchev–Trinajstić information content (AvgIpc) is 3.08. The molecule has 0 aromatic heterocycles. The van der Waals surface area contributed by atoms with E-state index in [0.717, 1.165) is 12.1 Å². The Morgan fingerprint density at radius 2 is 1.79 bits per heavy atom. The fourth-order valence-electron chi connectivity index (χ4n) is 3.61. The minimum absolute atomic E-state index is 0.0893. The van der Waals surface area contributed by atoms with Crippen molar-refractivity contribution in [2.45, 2.75) is 38.1 Å². The molecule has 1 aliphatic heterocycles. The number of hydrogen-bond acceptors (Lipinski definition) is 3. The quantitative estimate of drug-likeness (QED) is 0.881. The smallest absolute Gasteiger partial charge is 0.306 e. The molecule has 1 aromatic carbocycles. The zero-order chi connectivity index (χ0) is 17.1. The van der Waals surface area contributed by atoms with Gasteiger partial charge in [-0.2, -0.15) is 0 Å². The van der Waals surface area contributed by atoms with Crippen LogP contribution in [-0.2, 0) is 14.4 Å². The van der Waals surface area contributed by atoms with Gasteiger partial charge in [0.1, 0.15) is 6.04 Å². The minimum Gasteiger partial charge on any atom is -0.481 e. The Bertz CT molecular complexity index is 631. The lowest BCUT2D eigenvalue weighted by Gasteiger charge is -2.33. The summed E-state index contributed by atoms with van der Waals surface area (Å²) in [6, 6.07) is 8.92. The first-order valence-corrected chi connectivity index (χ1v) is 8.46. The zero-order valence-electron chi connectivity index (χ0n) is 13.5. The van der Waals surface area contributed by atoms with Gasteiger partial charge in [0.15, 0.2) is 0 Å². The standard InChI is InChI=1S/C18H22N2O4/c21-16(12-8-9-13(11-12)18(23)24)19-15-7-4-10-20(17(15)22)14-5-2-1-3-6-14/h1-3,5-6,12-13,15H,4,7-11H2,(H,19,21)(H,23,24)/t12-,13+,15?/m0/s1. The van der Waals surface area contributed by atoms with Gasteiger partial charge in [-0.25, -0.2) is 0 Å². The van der Waals surface area contributed by atoms with Crippen molar-refractivity contribution in [2.24, 2.45) is 11.8 Å². The molecule has 2 fully saturated rings. The van der Waals surface area contributed by atoms with Crippen molar-refractivity contribution in [2.75, 3.05) is 11.4 Å². The molecule has 2 N–H and O–H groups in total. The second-order valence-electron chi connectivity index (χ2n) is 6.57. The first-order chi connectivity index (χ1) is 11.6. The summed E-state index contributed by atoms with van der Waals surface area (Å²) in [6.45, 7) is 0.653. The number of carboxylic acid groups (broad SMARTS) is 1. The summed E-state index contributed by atoms with van der Waals surface area (Å²) >= 11 is 0. The van der Waals surface area contributed by atoms with Crippen LogP contribution in [0.15, 0.2) is 30.3 Å². The van der Waals surface area contributed by atoms with Crippen molar-refractivity contribution >= 4 is 23.5 Å². The van der Waals surface area contributed by atoms with E-state index >= 15 is 0 Å². The van der Waals surface area contributed by atoms with Gasteiger partial charge in [0.2, 0.25) is 11.8 Å². The van der Waals surface area contributed by atoms with E-state index in [1.165, 1.54) is 0 Å². The highest BCUT2D eigenvalue weighted by atomic mass is 16.4. The molecule has 1 saturated heterocycles. The maximum Gasteiger partial charge on any atom is 0.306 e. The highest BCUT2D eigenvalue weighted by Crippen LogP contribution is 2.31. The first kappa shape index (κ1) is 16.5. The summed E-state index contributed by atoms with van der Waals surface area (Å²) in [4.78, 5) is 37.8. The van der Waals surface area contributed by atoms with Crippen LogP contribution in [0.5, 0.6) is 0 Å². The van der Waals surface area contributed by atoms with E-state index in [9.17, 15) is 14.4 Å². The van der Waals surface area contributed by atoms with Crippen LogP contribution in [0.25, 0.3) is 0 Å². The van der Waals surface area contributed by atoms with E-state index in [0.29, 0.717) is 32.2 Å². The number of carbonyl (C=O) groups is 3. The molecule has 2 amide bonds. The lowest BCUT2D eigenvalue weighted by molar-refractivity contribution is -0.141. The van der Waals surface area contributed by atoms with Crippen molar-refractivity contribution in [1.82, 2.24) is 5.32 Å². The molecule has 0 radical (unpaired) electrons. The Labute approximate surface area is 140 Å². The van der Waals surface area contributed by atoms with Crippen molar-refractivity contribution < 1.29 is 19.5 Å². The van der Waals surface area contributed by atoms with E-state index < -0.39 is 17.9 Å². The Morgan fingerprint density at radius 3 is 2.46 bits per heavy atom. The maximum atomic E-state index is 12.7. The van der Waals surface area contributed by atoms with E-state index in [2.05, 4.69) is 5.32 Å². The van der Waals surface area contributed by atoms with E-state index in [4.69, 9.17) is 5.11 Å². The third kappa shape index (κ3) is 3.42. The predicted octanol–water partition coefficient (Wildman–Crippen LogP) is 1.80. The van der Waals surface area contributed by atoms with Crippen LogP contribution in [-0.4, -0.2) is 35.5 Å². The molecular formula is C18H22N2O4. The van der Waals surface area contributed by atoms with Gasteiger partial charge in [0.25, 0.3) is 0 Å². The lowest BCUT2D eigenvalue weighted by atomic mass is 10.0. The third-order valence-corrected chi connectivity index (χ3v) is 4.98. The number of nitrogens with one attached hydrogen (secondary N) is 1. The second-order valence-corrected chi connectivity index (χ2v) is 6.57. The van der Waals surface area contributed by atoms with E-state index in [-0.39, 0.29) is 17.7 Å². The van der Waals surface area contributed by atoms with Crippen LogP contribution in [0.2, 0.25) is 0 Å². The SMILES string of the molecule is O=C(O)[C@@H]1CC[C@H](C(=O)NC2CCCN(c3ccccc3)C2=O)C1. The lowest BCUT2D eigenvalue weighted by Crippen LogP contribution is -2.53. The fourth-order valence-corrected chi connectivity index (χ4v) is 3.61. The van der Waals surface area contributed by atoms with Gasteiger partial charge in [0, 0.05) is 18.2 Å². The van der Waals surface area contributed by atoms with E-state index in [1.54, 1.807) is 4.90 Å². The van der Waals surface area contributed by atoms with Crippen LogP contribution in [0, 0.1) is 11.8 Å². The second kappa shape index (κ2) is 7.03. The molecular weight excluding hydrogens is 308 g/mol. The normalized spacial score (nSPS) is 27.1. The number of nitrogens with zero attached hydrogens (tertiary/aromatic N) is 1. The number of para-hydroxylation sites is 1. The molecule has 1 unspecified atom stereocenters. The summed E-state index contributed by atoms with van der Waals surface area (Å²) in [7, 11) is 0. The molecule has 0 spiro atoms. The summed E-state index contributed by atoms with van der Waals surface area (Å²) in [6.07, 6.45) is 2.93. The molecule has 2 aliphatic rings. The summed E-state index contributed by atoms with van der Waals surface area (Å²) < 4.78 is 0. The number of rotatable bonds is 4. The molecule has 3 atom stereocenters. The van der Waals surface area contributed by atoms with Crippen molar-refractivity contribution in [1.29, 1.82) is 0 Å². The molecule has 1 saturated carbocycles. The Balaban J connectivity index is 1.62. The number of aliphatic carboxylic acids is 1. The van der Waals surface area contributed by atoms with Gasteiger partial charge >= 0.3 is 5.97 Å². The van der Waals surface area contributed by atoms with Crippen LogP contribution in [0.4, 0.5) is 5.69 Å². The molecule has 6 nitrogen and oxygen atoms in total.